The molecule has 0 atom stereocenters. The largest absolute Gasteiger partial charge is 0.369 e. The van der Waals surface area contributed by atoms with E-state index in [0.717, 1.165) is 23.0 Å². The van der Waals surface area contributed by atoms with Gasteiger partial charge in [0.1, 0.15) is 5.82 Å². The number of benzene rings is 2. The zero-order valence-electron chi connectivity index (χ0n) is 10.7. The highest BCUT2D eigenvalue weighted by Gasteiger charge is 2.10. The van der Waals surface area contributed by atoms with Gasteiger partial charge in [0.2, 0.25) is 5.95 Å². The third-order valence-electron chi connectivity index (χ3n) is 3.28. The Bertz CT molecular complexity index is 750. The molecule has 0 radical (unpaired) electrons. The van der Waals surface area contributed by atoms with Gasteiger partial charge in [0.25, 0.3) is 0 Å². The highest BCUT2D eigenvalue weighted by atomic mass is 35.5. The molecule has 102 valence electrons. The molecule has 2 N–H and O–H groups in total. The van der Waals surface area contributed by atoms with Gasteiger partial charge in [-0.1, -0.05) is 29.8 Å². The van der Waals surface area contributed by atoms with Crippen LogP contribution in [-0.2, 0) is 13.0 Å². The molecule has 0 saturated carbocycles. The summed E-state index contributed by atoms with van der Waals surface area (Å²) in [5.74, 6) is 0.208. The number of hydrogen-bond acceptors (Lipinski definition) is 2. The van der Waals surface area contributed by atoms with Crippen LogP contribution in [0.1, 0.15) is 5.56 Å². The van der Waals surface area contributed by atoms with Crippen LogP contribution >= 0.6 is 11.6 Å². The van der Waals surface area contributed by atoms with E-state index in [0.29, 0.717) is 17.5 Å². The Morgan fingerprint density at radius 3 is 2.65 bits per heavy atom. The second kappa shape index (κ2) is 5.13. The first-order chi connectivity index (χ1) is 9.65. The average Bonchev–Trinajstić information content (AvgIpc) is 2.75. The third kappa shape index (κ3) is 2.34. The van der Waals surface area contributed by atoms with Crippen LogP contribution in [0.5, 0.6) is 0 Å². The molecule has 0 amide bonds. The summed E-state index contributed by atoms with van der Waals surface area (Å²) in [6.07, 6.45) is 0.737. The highest BCUT2D eigenvalue weighted by Crippen LogP contribution is 2.25. The first kappa shape index (κ1) is 12.9. The number of nitrogen functional groups attached to an aromatic ring is 1. The lowest BCUT2D eigenvalue weighted by atomic mass is 10.1. The molecule has 3 rings (SSSR count). The number of fused-ring (bicyclic) bond motifs is 1. The Balaban J connectivity index is 1.91. The quantitative estimate of drug-likeness (QED) is 0.800. The normalized spacial score (nSPS) is 11.1. The second-order valence-electron chi connectivity index (χ2n) is 4.61. The van der Waals surface area contributed by atoms with Crippen molar-refractivity contribution in [1.82, 2.24) is 9.55 Å². The summed E-state index contributed by atoms with van der Waals surface area (Å²) in [7, 11) is 0. The first-order valence-corrected chi connectivity index (χ1v) is 6.67. The van der Waals surface area contributed by atoms with Crippen LogP contribution < -0.4 is 5.73 Å². The summed E-state index contributed by atoms with van der Waals surface area (Å²) in [4.78, 5) is 4.30. The van der Waals surface area contributed by atoms with Crippen molar-refractivity contribution in [2.24, 2.45) is 0 Å². The topological polar surface area (TPSA) is 43.8 Å². The van der Waals surface area contributed by atoms with Crippen molar-refractivity contribution in [2.75, 3.05) is 5.73 Å². The smallest absolute Gasteiger partial charge is 0.201 e. The van der Waals surface area contributed by atoms with Crippen molar-refractivity contribution in [3.63, 3.8) is 0 Å². The van der Waals surface area contributed by atoms with Gasteiger partial charge in [-0.3, -0.25) is 0 Å². The van der Waals surface area contributed by atoms with E-state index in [1.165, 1.54) is 12.1 Å². The van der Waals surface area contributed by atoms with E-state index in [2.05, 4.69) is 4.98 Å². The van der Waals surface area contributed by atoms with E-state index < -0.39 is 0 Å². The highest BCUT2D eigenvalue weighted by molar-refractivity contribution is 6.35. The molecule has 0 saturated heterocycles. The predicted octanol–water partition coefficient (Wildman–Crippen LogP) is 3.65. The molecule has 0 unspecified atom stereocenters. The Morgan fingerprint density at radius 1 is 1.15 bits per heavy atom. The SMILES string of the molecule is Nc1nc2cccc(Cl)c2n1CCc1ccc(F)cc1. The minimum atomic E-state index is -0.232. The Morgan fingerprint density at radius 2 is 1.90 bits per heavy atom. The fourth-order valence-corrected chi connectivity index (χ4v) is 2.55. The summed E-state index contributed by atoms with van der Waals surface area (Å²) in [6.45, 7) is 0.650. The van der Waals surface area contributed by atoms with Crippen molar-refractivity contribution in [2.45, 2.75) is 13.0 Å². The third-order valence-corrected chi connectivity index (χ3v) is 3.59. The van der Waals surface area contributed by atoms with E-state index in [-0.39, 0.29) is 5.82 Å². The van der Waals surface area contributed by atoms with Gasteiger partial charge in [-0.15, -0.1) is 0 Å². The number of para-hydroxylation sites is 1. The molecule has 1 aromatic heterocycles. The molecule has 0 spiro atoms. The maximum atomic E-state index is 12.9. The number of nitrogens with two attached hydrogens (primary N) is 1. The van der Waals surface area contributed by atoms with E-state index in [1.807, 2.05) is 22.8 Å². The van der Waals surface area contributed by atoms with Crippen LogP contribution in [0.25, 0.3) is 11.0 Å². The lowest BCUT2D eigenvalue weighted by molar-refractivity contribution is 0.626. The van der Waals surface area contributed by atoms with E-state index >= 15 is 0 Å². The fraction of sp³-hybridized carbons (Fsp3) is 0.133. The van der Waals surface area contributed by atoms with Gasteiger partial charge < -0.3 is 10.3 Å². The summed E-state index contributed by atoms with van der Waals surface area (Å²) in [5.41, 5.74) is 8.61. The number of hydrogen-bond donors (Lipinski definition) is 1. The van der Waals surface area contributed by atoms with Crippen LogP contribution in [0.15, 0.2) is 42.5 Å². The number of aryl methyl sites for hydroxylation is 2. The van der Waals surface area contributed by atoms with Gasteiger partial charge >= 0.3 is 0 Å². The van der Waals surface area contributed by atoms with Gasteiger partial charge in [-0.2, -0.15) is 0 Å². The van der Waals surface area contributed by atoms with Gasteiger partial charge in [0.05, 0.1) is 16.1 Å². The zero-order chi connectivity index (χ0) is 14.1. The minimum Gasteiger partial charge on any atom is -0.369 e. The number of imidazole rings is 1. The van der Waals surface area contributed by atoms with Crippen molar-refractivity contribution in [3.8, 4) is 0 Å². The molecule has 0 bridgehead atoms. The zero-order valence-corrected chi connectivity index (χ0v) is 11.4. The standard InChI is InChI=1S/C15H13ClFN3/c16-12-2-1-3-13-14(12)20(15(18)19-13)9-8-10-4-6-11(17)7-5-10/h1-7H,8-9H2,(H2,18,19). The summed E-state index contributed by atoms with van der Waals surface area (Å²) in [5, 5.41) is 0.630. The Hall–Kier alpha value is -2.07. The predicted molar refractivity (Wildman–Crippen MR) is 79.3 cm³/mol. The average molecular weight is 290 g/mol. The molecule has 20 heavy (non-hydrogen) atoms. The number of halogens is 2. The molecule has 0 aliphatic rings. The lowest BCUT2D eigenvalue weighted by Gasteiger charge is -2.07. The molecular weight excluding hydrogens is 277 g/mol. The van der Waals surface area contributed by atoms with Crippen molar-refractivity contribution >= 4 is 28.6 Å². The minimum absolute atomic E-state index is 0.232. The van der Waals surface area contributed by atoms with Crippen LogP contribution in [0.2, 0.25) is 5.02 Å². The van der Waals surface area contributed by atoms with Crippen molar-refractivity contribution in [1.29, 1.82) is 0 Å². The molecule has 3 nitrogen and oxygen atoms in total. The Kier molecular flexibility index (Phi) is 3.32. The van der Waals surface area contributed by atoms with E-state index in [4.69, 9.17) is 17.3 Å². The van der Waals surface area contributed by atoms with Crippen molar-refractivity contribution in [3.05, 3.63) is 58.9 Å². The maximum Gasteiger partial charge on any atom is 0.201 e. The molecule has 5 heteroatoms. The molecule has 2 aromatic carbocycles. The van der Waals surface area contributed by atoms with Gasteiger partial charge in [0, 0.05) is 6.54 Å². The van der Waals surface area contributed by atoms with Gasteiger partial charge in [-0.05, 0) is 36.2 Å². The maximum absolute atomic E-state index is 12.9. The molecule has 0 aliphatic carbocycles. The van der Waals surface area contributed by atoms with Crippen LogP contribution in [0.3, 0.4) is 0 Å². The van der Waals surface area contributed by atoms with Crippen LogP contribution in [-0.4, -0.2) is 9.55 Å². The van der Waals surface area contributed by atoms with Crippen molar-refractivity contribution < 1.29 is 4.39 Å². The monoisotopic (exact) mass is 289 g/mol. The Labute approximate surface area is 120 Å². The van der Waals surface area contributed by atoms with Crippen LogP contribution in [0, 0.1) is 5.82 Å². The van der Waals surface area contributed by atoms with Gasteiger partial charge in [-0.25, -0.2) is 9.37 Å². The summed E-state index contributed by atoms with van der Waals surface area (Å²) >= 11 is 6.21. The van der Waals surface area contributed by atoms with Gasteiger partial charge in [0.15, 0.2) is 0 Å². The number of anilines is 1. The summed E-state index contributed by atoms with van der Waals surface area (Å²) < 4.78 is 14.8. The lowest BCUT2D eigenvalue weighted by Crippen LogP contribution is -2.06. The number of nitrogens with zero attached hydrogens (tertiary/aromatic N) is 2. The summed E-state index contributed by atoms with van der Waals surface area (Å²) in [6, 6.07) is 12.0. The molecule has 1 heterocycles. The van der Waals surface area contributed by atoms with Crippen LogP contribution in [0.4, 0.5) is 10.3 Å². The van der Waals surface area contributed by atoms with E-state index in [9.17, 15) is 4.39 Å². The number of rotatable bonds is 3. The number of aromatic nitrogens is 2. The fourth-order valence-electron chi connectivity index (χ4n) is 2.28. The molecular formula is C15H13ClFN3. The molecule has 3 aromatic rings. The first-order valence-electron chi connectivity index (χ1n) is 6.30. The second-order valence-corrected chi connectivity index (χ2v) is 5.01. The molecule has 0 aliphatic heterocycles. The molecule has 0 fully saturated rings. The van der Waals surface area contributed by atoms with E-state index in [1.54, 1.807) is 12.1 Å².